The molecule has 1 N–H and O–H groups in total. The Kier molecular flexibility index (Phi) is 4.52. The van der Waals surface area contributed by atoms with E-state index in [9.17, 15) is 8.42 Å². The van der Waals surface area contributed by atoms with Crippen molar-refractivity contribution in [1.82, 2.24) is 4.72 Å². The van der Waals surface area contributed by atoms with E-state index in [4.69, 9.17) is 0 Å². The molecule has 0 saturated heterocycles. The standard InChI is InChI=1S/C11H16BrNO2S/c1-8-6-9(2)11(10(3)7-8)16(14,15)13-5-4-12/h6-7,13H,4-5H2,1-3H3. The number of rotatable bonds is 4. The smallest absolute Gasteiger partial charge is 0.210 e. The van der Waals surface area contributed by atoms with Crippen molar-refractivity contribution in [1.29, 1.82) is 0 Å². The van der Waals surface area contributed by atoms with Gasteiger partial charge in [0.2, 0.25) is 10.0 Å². The van der Waals surface area contributed by atoms with Crippen LogP contribution in [0.4, 0.5) is 0 Å². The maximum atomic E-state index is 12.0. The van der Waals surface area contributed by atoms with Crippen LogP contribution in [0, 0.1) is 20.8 Å². The van der Waals surface area contributed by atoms with Gasteiger partial charge in [0.1, 0.15) is 0 Å². The van der Waals surface area contributed by atoms with Crippen molar-refractivity contribution < 1.29 is 8.42 Å². The summed E-state index contributed by atoms with van der Waals surface area (Å²) in [6.45, 7) is 6.00. The van der Waals surface area contributed by atoms with Crippen LogP contribution in [0.1, 0.15) is 16.7 Å². The van der Waals surface area contributed by atoms with Gasteiger partial charge in [0.05, 0.1) is 4.90 Å². The van der Waals surface area contributed by atoms with E-state index >= 15 is 0 Å². The van der Waals surface area contributed by atoms with E-state index in [1.165, 1.54) is 0 Å². The van der Waals surface area contributed by atoms with Gasteiger partial charge in [-0.15, -0.1) is 0 Å². The van der Waals surface area contributed by atoms with Crippen LogP contribution >= 0.6 is 15.9 Å². The number of hydrogen-bond acceptors (Lipinski definition) is 2. The quantitative estimate of drug-likeness (QED) is 0.868. The minimum Gasteiger partial charge on any atom is -0.210 e. The van der Waals surface area contributed by atoms with E-state index in [2.05, 4.69) is 20.7 Å². The molecule has 0 heterocycles. The lowest BCUT2D eigenvalue weighted by molar-refractivity contribution is 0.583. The van der Waals surface area contributed by atoms with Gasteiger partial charge in [-0.25, -0.2) is 13.1 Å². The Morgan fingerprint density at radius 2 is 1.69 bits per heavy atom. The number of aryl methyl sites for hydroxylation is 3. The Morgan fingerprint density at radius 3 is 2.12 bits per heavy atom. The highest BCUT2D eigenvalue weighted by Crippen LogP contribution is 2.21. The molecule has 16 heavy (non-hydrogen) atoms. The predicted molar refractivity (Wildman–Crippen MR) is 69.6 cm³/mol. The molecule has 0 aliphatic carbocycles. The van der Waals surface area contributed by atoms with E-state index < -0.39 is 10.0 Å². The van der Waals surface area contributed by atoms with Crippen LogP contribution in [0.5, 0.6) is 0 Å². The van der Waals surface area contributed by atoms with Crippen molar-refractivity contribution in [2.45, 2.75) is 25.7 Å². The largest absolute Gasteiger partial charge is 0.241 e. The minimum atomic E-state index is -3.38. The van der Waals surface area contributed by atoms with E-state index in [1.807, 2.05) is 32.9 Å². The highest BCUT2D eigenvalue weighted by atomic mass is 79.9. The van der Waals surface area contributed by atoms with E-state index in [-0.39, 0.29) is 0 Å². The fourth-order valence-corrected chi connectivity index (χ4v) is 3.78. The highest BCUT2D eigenvalue weighted by Gasteiger charge is 2.18. The summed E-state index contributed by atoms with van der Waals surface area (Å²) in [5.41, 5.74) is 2.66. The number of alkyl halides is 1. The Morgan fingerprint density at radius 1 is 1.19 bits per heavy atom. The first-order chi connectivity index (χ1) is 7.38. The Hall–Kier alpha value is -0.390. The van der Waals surface area contributed by atoms with E-state index in [0.29, 0.717) is 16.8 Å². The van der Waals surface area contributed by atoms with Gasteiger partial charge in [0, 0.05) is 11.9 Å². The van der Waals surface area contributed by atoms with Gasteiger partial charge in [0.15, 0.2) is 0 Å². The van der Waals surface area contributed by atoms with Crippen molar-refractivity contribution in [2.75, 3.05) is 11.9 Å². The van der Waals surface area contributed by atoms with Crippen molar-refractivity contribution in [3.63, 3.8) is 0 Å². The molecule has 0 aromatic heterocycles. The fourth-order valence-electron chi connectivity index (χ4n) is 1.84. The summed E-state index contributed by atoms with van der Waals surface area (Å²) in [4.78, 5) is 0.402. The molecule has 0 amide bonds. The molecule has 0 aliphatic rings. The molecule has 0 atom stereocenters. The molecule has 0 unspecified atom stereocenters. The summed E-state index contributed by atoms with van der Waals surface area (Å²) in [7, 11) is -3.38. The van der Waals surface area contributed by atoms with Crippen molar-refractivity contribution >= 4 is 26.0 Å². The molecule has 0 fully saturated rings. The Balaban J connectivity index is 3.23. The van der Waals surface area contributed by atoms with Gasteiger partial charge in [0.25, 0.3) is 0 Å². The summed E-state index contributed by atoms with van der Waals surface area (Å²) in [6, 6.07) is 3.77. The molecule has 5 heteroatoms. The molecule has 90 valence electrons. The third kappa shape index (κ3) is 3.06. The number of nitrogens with one attached hydrogen (secondary N) is 1. The molecular formula is C11H16BrNO2S. The second-order valence-electron chi connectivity index (χ2n) is 3.81. The van der Waals surface area contributed by atoms with Crippen LogP contribution < -0.4 is 4.72 Å². The van der Waals surface area contributed by atoms with Crippen LogP contribution in [0.2, 0.25) is 0 Å². The maximum Gasteiger partial charge on any atom is 0.241 e. The third-order valence-electron chi connectivity index (χ3n) is 2.26. The zero-order valence-corrected chi connectivity index (χ0v) is 12.1. The van der Waals surface area contributed by atoms with Gasteiger partial charge in [-0.05, 0) is 31.9 Å². The minimum absolute atomic E-state index is 0.398. The molecule has 3 nitrogen and oxygen atoms in total. The van der Waals surface area contributed by atoms with Gasteiger partial charge >= 0.3 is 0 Å². The average Bonchev–Trinajstić information content (AvgIpc) is 2.12. The molecule has 1 rings (SSSR count). The van der Waals surface area contributed by atoms with Crippen LogP contribution in [0.3, 0.4) is 0 Å². The van der Waals surface area contributed by atoms with Crippen LogP contribution in [0.25, 0.3) is 0 Å². The SMILES string of the molecule is Cc1cc(C)c(S(=O)(=O)NCCBr)c(C)c1. The third-order valence-corrected chi connectivity index (χ3v) is 4.42. The number of sulfonamides is 1. The van der Waals surface area contributed by atoms with Gasteiger partial charge in [-0.2, -0.15) is 0 Å². The first-order valence-electron chi connectivity index (χ1n) is 5.02. The fraction of sp³-hybridized carbons (Fsp3) is 0.455. The normalized spacial score (nSPS) is 11.8. The topological polar surface area (TPSA) is 46.2 Å². The Labute approximate surface area is 105 Å². The van der Waals surface area contributed by atoms with E-state index in [0.717, 1.165) is 16.7 Å². The van der Waals surface area contributed by atoms with Crippen molar-refractivity contribution in [3.8, 4) is 0 Å². The monoisotopic (exact) mass is 305 g/mol. The number of benzene rings is 1. The molecule has 0 radical (unpaired) electrons. The highest BCUT2D eigenvalue weighted by molar-refractivity contribution is 9.09. The first kappa shape index (κ1) is 13.7. The van der Waals surface area contributed by atoms with Crippen LogP contribution in [-0.2, 0) is 10.0 Å². The van der Waals surface area contributed by atoms with Crippen molar-refractivity contribution in [3.05, 3.63) is 28.8 Å². The second-order valence-corrected chi connectivity index (χ2v) is 6.31. The lowest BCUT2D eigenvalue weighted by Gasteiger charge is -2.12. The molecule has 0 saturated carbocycles. The molecule has 0 aliphatic heterocycles. The molecule has 1 aromatic carbocycles. The summed E-state index contributed by atoms with van der Waals surface area (Å²) in [6.07, 6.45) is 0. The zero-order chi connectivity index (χ0) is 12.3. The number of hydrogen-bond donors (Lipinski definition) is 1. The maximum absolute atomic E-state index is 12.0. The van der Waals surface area contributed by atoms with Gasteiger partial charge < -0.3 is 0 Å². The summed E-state index contributed by atoms with van der Waals surface area (Å²) in [5.74, 6) is 0. The summed E-state index contributed by atoms with van der Waals surface area (Å²) >= 11 is 3.20. The zero-order valence-electron chi connectivity index (χ0n) is 9.67. The first-order valence-corrected chi connectivity index (χ1v) is 7.62. The molecular weight excluding hydrogens is 290 g/mol. The second kappa shape index (κ2) is 5.29. The van der Waals surface area contributed by atoms with Gasteiger partial charge in [-0.1, -0.05) is 33.6 Å². The lowest BCUT2D eigenvalue weighted by atomic mass is 10.1. The van der Waals surface area contributed by atoms with E-state index in [1.54, 1.807) is 0 Å². The number of halogens is 1. The van der Waals surface area contributed by atoms with Crippen LogP contribution in [0.15, 0.2) is 17.0 Å². The molecule has 1 aromatic rings. The summed E-state index contributed by atoms with van der Waals surface area (Å²) in [5, 5.41) is 0.607. The summed E-state index contributed by atoms with van der Waals surface area (Å²) < 4.78 is 26.6. The predicted octanol–water partition coefficient (Wildman–Crippen LogP) is 2.29. The Bertz CT molecular complexity index is 460. The molecule has 0 bridgehead atoms. The van der Waals surface area contributed by atoms with Gasteiger partial charge in [-0.3, -0.25) is 0 Å². The molecule has 0 spiro atoms. The average molecular weight is 306 g/mol. The van der Waals surface area contributed by atoms with Crippen molar-refractivity contribution in [2.24, 2.45) is 0 Å². The lowest BCUT2D eigenvalue weighted by Crippen LogP contribution is -2.27. The van der Waals surface area contributed by atoms with Crippen LogP contribution in [-0.4, -0.2) is 20.3 Å².